The zero-order valence-corrected chi connectivity index (χ0v) is 39.4. The molecule has 3 aromatic heterocycles. The SMILES string of the molecule is C.C=C1CCc2c1ccc1c2c2c(F)cccc2n1CCCF.C=C1c2ccc3c(c2C=CN1CCO)c1ccccc1n3CCCF.C=C1c2ccc3c(c2CN1C)c1ccccc1n3CCC(F)F. The van der Waals surface area contributed by atoms with E-state index in [-0.39, 0.29) is 39.6 Å². The fourth-order valence-electron chi connectivity index (χ4n) is 11.1. The largest absolute Gasteiger partial charge is 0.395 e. The van der Waals surface area contributed by atoms with Crippen molar-refractivity contribution in [1.82, 2.24) is 23.5 Å². The van der Waals surface area contributed by atoms with Crippen molar-refractivity contribution in [2.24, 2.45) is 0 Å². The van der Waals surface area contributed by atoms with E-state index >= 15 is 0 Å². The number of aryl methyl sites for hydroxylation is 4. The minimum absolute atomic E-state index is 0. The number of fused-ring (bicyclic) bond motifs is 15. The fourth-order valence-corrected chi connectivity index (χ4v) is 11.1. The van der Waals surface area contributed by atoms with Crippen LogP contribution in [0.5, 0.6) is 0 Å². The maximum atomic E-state index is 14.5. The lowest BCUT2D eigenvalue weighted by Gasteiger charge is -2.27. The average Bonchev–Trinajstić information content (AvgIpc) is 4.16. The predicted octanol–water partition coefficient (Wildman–Crippen LogP) is 15.2. The molecule has 0 bridgehead atoms. The topological polar surface area (TPSA) is 41.5 Å². The van der Waals surface area contributed by atoms with E-state index in [1.165, 1.54) is 33.4 Å². The van der Waals surface area contributed by atoms with E-state index in [9.17, 15) is 27.1 Å². The molecule has 0 fully saturated rings. The summed E-state index contributed by atoms with van der Waals surface area (Å²) >= 11 is 0. The summed E-state index contributed by atoms with van der Waals surface area (Å²) in [5, 5.41) is 15.6. The molecule has 366 valence electrons. The minimum Gasteiger partial charge on any atom is -0.395 e. The molecule has 0 unspecified atom stereocenters. The number of para-hydroxylation sites is 2. The molecule has 1 aliphatic carbocycles. The summed E-state index contributed by atoms with van der Waals surface area (Å²) in [6, 6.07) is 33.9. The molecular weight excluding hydrogens is 902 g/mol. The Balaban J connectivity index is 0.000000131. The third-order valence-corrected chi connectivity index (χ3v) is 14.4. The van der Waals surface area contributed by atoms with Crippen molar-refractivity contribution in [3.05, 3.63) is 168 Å². The number of aromatic nitrogens is 3. The molecule has 6 aromatic carbocycles. The van der Waals surface area contributed by atoms with Crippen molar-refractivity contribution < 1.29 is 27.1 Å². The molecular formula is C60H60F5N5O. The summed E-state index contributed by atoms with van der Waals surface area (Å²) in [7, 11) is 2.03. The van der Waals surface area contributed by atoms with Crippen LogP contribution in [0.3, 0.4) is 0 Å². The fraction of sp³-hybridized carbons (Fsp3) is 0.267. The van der Waals surface area contributed by atoms with E-state index in [1.807, 2.05) is 71.2 Å². The Morgan fingerprint density at radius 1 is 0.577 bits per heavy atom. The van der Waals surface area contributed by atoms with Crippen LogP contribution in [0.2, 0.25) is 0 Å². The third-order valence-electron chi connectivity index (χ3n) is 14.4. The molecule has 9 aromatic rings. The lowest BCUT2D eigenvalue weighted by Crippen LogP contribution is -2.21. The van der Waals surface area contributed by atoms with E-state index < -0.39 is 6.43 Å². The van der Waals surface area contributed by atoms with Crippen LogP contribution in [0.1, 0.15) is 66.5 Å². The molecule has 0 amide bonds. The summed E-state index contributed by atoms with van der Waals surface area (Å²) in [4.78, 5) is 4.10. The normalized spacial score (nSPS) is 13.9. The van der Waals surface area contributed by atoms with Gasteiger partial charge in [0.1, 0.15) is 5.82 Å². The smallest absolute Gasteiger partial charge is 0.240 e. The first-order valence-electron chi connectivity index (χ1n) is 24.1. The number of hydrogen-bond acceptors (Lipinski definition) is 3. The van der Waals surface area contributed by atoms with Crippen LogP contribution in [-0.4, -0.2) is 68.6 Å². The standard InChI is InChI=1S/C21H21FN2O.C19H18F2N2.C19H17F2N.CH4/c1-15-16-7-8-20-21(17(16)9-12-23(15)13-14-25)18-5-2-3-6-19(18)24(20)11-4-10-22;1-12-13-7-8-17-19(15(13)11-22(12)2)14-5-3-4-6-16(14)23(17)10-9-18(20)21;1-12-6-7-14-13(12)8-9-17-18(14)19-15(21)4-2-5-16(19)22(17)11-3-10-20;/h2-3,5-9,12,25H,1,4,10-11,13-14H2;3-8,18H,1,9-11H2,2H3;2,4-5,8-9H,1,3,6-7,10-11H2;1H4. The average molecular weight is 962 g/mol. The van der Waals surface area contributed by atoms with Crippen LogP contribution in [0.25, 0.3) is 88.5 Å². The van der Waals surface area contributed by atoms with E-state index in [1.54, 1.807) is 6.07 Å². The van der Waals surface area contributed by atoms with Gasteiger partial charge in [-0.2, -0.15) is 0 Å². The van der Waals surface area contributed by atoms with Crippen molar-refractivity contribution >= 4 is 88.5 Å². The molecule has 6 nitrogen and oxygen atoms in total. The molecule has 3 aliphatic rings. The van der Waals surface area contributed by atoms with E-state index in [2.05, 4.69) is 82.3 Å². The molecule has 0 atom stereocenters. The van der Waals surface area contributed by atoms with Gasteiger partial charge in [-0.25, -0.2) is 13.2 Å². The number of hydrogen-bond donors (Lipinski definition) is 1. The Morgan fingerprint density at radius 2 is 1.14 bits per heavy atom. The van der Waals surface area contributed by atoms with Gasteiger partial charge in [0.15, 0.2) is 0 Å². The van der Waals surface area contributed by atoms with Crippen LogP contribution in [-0.2, 0) is 32.6 Å². The molecule has 0 radical (unpaired) electrons. The van der Waals surface area contributed by atoms with Gasteiger partial charge in [0.25, 0.3) is 0 Å². The van der Waals surface area contributed by atoms with Gasteiger partial charge < -0.3 is 28.6 Å². The maximum Gasteiger partial charge on any atom is 0.240 e. The lowest BCUT2D eigenvalue weighted by atomic mass is 9.96. The van der Waals surface area contributed by atoms with Gasteiger partial charge in [-0.05, 0) is 102 Å². The van der Waals surface area contributed by atoms with Gasteiger partial charge in [-0.15, -0.1) is 0 Å². The Hall–Kier alpha value is -7.11. The molecule has 0 spiro atoms. The molecule has 12 rings (SSSR count). The maximum absolute atomic E-state index is 14.5. The van der Waals surface area contributed by atoms with Gasteiger partial charge in [-0.1, -0.05) is 87.8 Å². The summed E-state index contributed by atoms with van der Waals surface area (Å²) in [5.41, 5.74) is 16.2. The van der Waals surface area contributed by atoms with Crippen molar-refractivity contribution in [3.8, 4) is 0 Å². The van der Waals surface area contributed by atoms with Crippen LogP contribution in [0, 0.1) is 5.82 Å². The monoisotopic (exact) mass is 961 g/mol. The number of alkyl halides is 4. The summed E-state index contributed by atoms with van der Waals surface area (Å²) in [6.07, 6.45) is 4.45. The Bertz CT molecular complexity index is 3560. The molecule has 11 heteroatoms. The first-order chi connectivity index (χ1) is 34.1. The summed E-state index contributed by atoms with van der Waals surface area (Å²) in [6.45, 7) is 14.8. The number of aliphatic hydroxyl groups excluding tert-OH is 1. The van der Waals surface area contributed by atoms with Crippen molar-refractivity contribution in [1.29, 1.82) is 0 Å². The van der Waals surface area contributed by atoms with Gasteiger partial charge >= 0.3 is 0 Å². The highest BCUT2D eigenvalue weighted by Gasteiger charge is 2.26. The highest BCUT2D eigenvalue weighted by Crippen LogP contribution is 2.43. The zero-order chi connectivity index (χ0) is 48.8. The first kappa shape index (κ1) is 48.9. The van der Waals surface area contributed by atoms with Gasteiger partial charge in [0.05, 0.1) is 25.5 Å². The van der Waals surface area contributed by atoms with Crippen LogP contribution in [0.4, 0.5) is 22.0 Å². The number of halogens is 5. The molecule has 0 saturated carbocycles. The second kappa shape index (κ2) is 20.3. The van der Waals surface area contributed by atoms with Crippen molar-refractivity contribution in [2.45, 2.75) is 72.1 Å². The number of rotatable bonds is 11. The Labute approximate surface area is 411 Å². The molecule has 0 saturated heterocycles. The third kappa shape index (κ3) is 8.47. The Morgan fingerprint density at radius 3 is 1.80 bits per heavy atom. The highest BCUT2D eigenvalue weighted by molar-refractivity contribution is 6.15. The van der Waals surface area contributed by atoms with E-state index in [0.717, 1.165) is 102 Å². The minimum atomic E-state index is -2.29. The van der Waals surface area contributed by atoms with Crippen molar-refractivity contribution in [2.75, 3.05) is 33.5 Å². The molecule has 1 N–H and O–H groups in total. The summed E-state index contributed by atoms with van der Waals surface area (Å²) < 4.78 is 71.6. The molecule has 2 aliphatic heterocycles. The lowest BCUT2D eigenvalue weighted by molar-refractivity contribution is 0.132. The van der Waals surface area contributed by atoms with E-state index in [0.29, 0.717) is 44.4 Å². The van der Waals surface area contributed by atoms with Crippen molar-refractivity contribution in [3.63, 3.8) is 0 Å². The Kier molecular flexibility index (Phi) is 14.0. The molecule has 71 heavy (non-hydrogen) atoms. The number of β-amino-alcohol motifs (C(OH)–C–C–N with tert-alkyl or cyclic N) is 1. The summed E-state index contributed by atoms with van der Waals surface area (Å²) in [5.74, 6) is -0.201. The van der Waals surface area contributed by atoms with Gasteiger partial charge in [-0.3, -0.25) is 8.78 Å². The predicted molar refractivity (Wildman–Crippen MR) is 287 cm³/mol. The number of allylic oxidation sites excluding steroid dienone is 1. The second-order valence-electron chi connectivity index (χ2n) is 18.4. The van der Waals surface area contributed by atoms with E-state index in [4.69, 9.17) is 0 Å². The van der Waals surface area contributed by atoms with Gasteiger partial charge in [0.2, 0.25) is 6.43 Å². The quantitative estimate of drug-likeness (QED) is 0.131. The highest BCUT2D eigenvalue weighted by atomic mass is 19.3. The van der Waals surface area contributed by atoms with Gasteiger partial charge in [0, 0.05) is 135 Å². The second-order valence-corrected chi connectivity index (χ2v) is 18.4. The molecule has 5 heterocycles. The zero-order valence-electron chi connectivity index (χ0n) is 39.4. The number of aliphatic hydroxyl groups is 1. The van der Waals surface area contributed by atoms with Crippen LogP contribution >= 0.6 is 0 Å². The first-order valence-corrected chi connectivity index (χ1v) is 24.1. The van der Waals surface area contributed by atoms with Crippen LogP contribution in [0.15, 0.2) is 129 Å². The number of nitrogens with zero attached hydrogens (tertiary/aromatic N) is 5. The van der Waals surface area contributed by atoms with Crippen LogP contribution < -0.4 is 0 Å². The number of benzene rings is 6.